The van der Waals surface area contributed by atoms with Gasteiger partial charge in [-0.2, -0.15) is 4.39 Å². The van der Waals surface area contributed by atoms with Gasteiger partial charge < -0.3 is 19.5 Å². The first-order valence-electron chi connectivity index (χ1n) is 10.8. The molecular formula is C27H24F3NO4. The number of hydrogen-bond acceptors (Lipinski definition) is 3. The van der Waals surface area contributed by atoms with E-state index in [0.29, 0.717) is 28.1 Å². The van der Waals surface area contributed by atoms with Crippen LogP contribution in [0.15, 0.2) is 48.5 Å². The first kappa shape index (κ1) is 24.3. The smallest absolute Gasteiger partial charge is 0.335 e. The minimum Gasteiger partial charge on any atom is -0.503 e. The van der Waals surface area contributed by atoms with Crippen molar-refractivity contribution in [2.75, 3.05) is 13.7 Å². The molecule has 4 aromatic rings. The van der Waals surface area contributed by atoms with Gasteiger partial charge in [-0.05, 0) is 60.5 Å². The van der Waals surface area contributed by atoms with Gasteiger partial charge in [0.25, 0.3) is 0 Å². The van der Waals surface area contributed by atoms with Crippen LogP contribution in [0.5, 0.6) is 5.75 Å². The Balaban J connectivity index is 2.23. The number of carbonyl (C=O) groups is 1. The maximum Gasteiger partial charge on any atom is 0.335 e. The summed E-state index contributed by atoms with van der Waals surface area (Å²) in [4.78, 5) is 11.4. The van der Waals surface area contributed by atoms with Crippen LogP contribution in [0.2, 0.25) is 0 Å². The van der Waals surface area contributed by atoms with Crippen LogP contribution >= 0.6 is 0 Å². The lowest BCUT2D eigenvalue weighted by Crippen LogP contribution is -2.27. The van der Waals surface area contributed by atoms with Gasteiger partial charge in [0.15, 0.2) is 11.6 Å². The fourth-order valence-electron chi connectivity index (χ4n) is 4.55. The number of nitrogens with zero attached hydrogens (tertiary/aromatic N) is 1. The molecule has 0 aliphatic heterocycles. The molecule has 5 nitrogen and oxygen atoms in total. The van der Waals surface area contributed by atoms with Crippen molar-refractivity contribution < 1.29 is 32.9 Å². The van der Waals surface area contributed by atoms with Gasteiger partial charge in [0.1, 0.15) is 5.82 Å². The van der Waals surface area contributed by atoms with E-state index in [4.69, 9.17) is 4.74 Å². The molecule has 0 fully saturated rings. The average Bonchev–Trinajstić information content (AvgIpc) is 3.15. The van der Waals surface area contributed by atoms with E-state index in [-0.39, 0.29) is 23.1 Å². The second kappa shape index (κ2) is 8.78. The van der Waals surface area contributed by atoms with E-state index < -0.39 is 34.6 Å². The molecule has 0 radical (unpaired) electrons. The number of aromatic hydroxyl groups is 1. The van der Waals surface area contributed by atoms with Crippen molar-refractivity contribution in [3.05, 3.63) is 82.8 Å². The summed E-state index contributed by atoms with van der Waals surface area (Å²) in [6, 6.07) is 11.3. The minimum absolute atomic E-state index is 0.00290. The van der Waals surface area contributed by atoms with Gasteiger partial charge >= 0.3 is 5.97 Å². The normalized spacial score (nSPS) is 11.9. The Bertz CT molecular complexity index is 1460. The predicted octanol–water partition coefficient (Wildman–Crippen LogP) is 6.35. The number of halogens is 3. The highest BCUT2D eigenvalue weighted by Gasteiger charge is 2.34. The fourth-order valence-corrected chi connectivity index (χ4v) is 4.55. The van der Waals surface area contributed by atoms with E-state index in [2.05, 4.69) is 0 Å². The summed E-state index contributed by atoms with van der Waals surface area (Å²) in [5.74, 6) is -5.06. The van der Waals surface area contributed by atoms with Gasteiger partial charge in [-0.3, -0.25) is 0 Å². The number of phenolic OH excluding ortho intramolecular Hbond substituents is 1. The molecule has 0 aliphatic carbocycles. The summed E-state index contributed by atoms with van der Waals surface area (Å²) >= 11 is 0. The van der Waals surface area contributed by atoms with Crippen LogP contribution in [0.1, 0.15) is 35.5 Å². The standard InChI is InChI=1S/C27H24F3NO4/c1-14-11-16(7-10-19(14)28)21-18-12-20(29)22(30)24(32)23(18)31(25(21)27(2,3)13-35-4)17-8-5-15(6-9-17)26(33)34/h5-12,32H,13H2,1-4H3,(H,33,34). The average molecular weight is 483 g/mol. The highest BCUT2D eigenvalue weighted by molar-refractivity contribution is 6.03. The molecule has 0 amide bonds. The molecule has 0 unspecified atom stereocenters. The van der Waals surface area contributed by atoms with E-state index in [1.54, 1.807) is 23.6 Å². The Labute approximate surface area is 200 Å². The zero-order valence-electron chi connectivity index (χ0n) is 19.6. The zero-order valence-corrected chi connectivity index (χ0v) is 19.6. The number of rotatable bonds is 6. The lowest BCUT2D eigenvalue weighted by atomic mass is 9.84. The Kier molecular flexibility index (Phi) is 6.11. The monoisotopic (exact) mass is 483 g/mol. The molecule has 0 aliphatic rings. The summed E-state index contributed by atoms with van der Waals surface area (Å²) in [7, 11) is 1.52. The van der Waals surface area contributed by atoms with Crippen LogP contribution < -0.4 is 0 Å². The first-order chi connectivity index (χ1) is 16.5. The first-order valence-corrected chi connectivity index (χ1v) is 10.8. The van der Waals surface area contributed by atoms with E-state index >= 15 is 0 Å². The molecule has 35 heavy (non-hydrogen) atoms. The lowest BCUT2D eigenvalue weighted by molar-refractivity contribution is 0.0697. The van der Waals surface area contributed by atoms with Crippen molar-refractivity contribution in [1.82, 2.24) is 4.57 Å². The molecule has 4 rings (SSSR count). The van der Waals surface area contributed by atoms with E-state index in [1.165, 1.54) is 37.4 Å². The molecular weight excluding hydrogens is 459 g/mol. The van der Waals surface area contributed by atoms with Gasteiger partial charge in [0, 0.05) is 34.9 Å². The molecule has 8 heteroatoms. The van der Waals surface area contributed by atoms with Crippen molar-refractivity contribution in [2.24, 2.45) is 0 Å². The number of ether oxygens (including phenoxy) is 1. The van der Waals surface area contributed by atoms with Crippen LogP contribution in [0.25, 0.3) is 27.7 Å². The molecule has 1 heterocycles. The minimum atomic E-state index is -1.41. The predicted molar refractivity (Wildman–Crippen MR) is 127 cm³/mol. The molecule has 3 aromatic carbocycles. The Hall–Kier alpha value is -3.78. The third-order valence-electron chi connectivity index (χ3n) is 6.09. The number of aromatic carboxylic acids is 1. The van der Waals surface area contributed by atoms with Gasteiger partial charge in [0.2, 0.25) is 5.82 Å². The fraction of sp³-hybridized carbons (Fsp3) is 0.222. The largest absolute Gasteiger partial charge is 0.503 e. The number of fused-ring (bicyclic) bond motifs is 1. The Morgan fingerprint density at radius 2 is 1.69 bits per heavy atom. The molecule has 0 saturated carbocycles. The van der Waals surface area contributed by atoms with E-state index in [1.807, 2.05) is 13.8 Å². The maximum atomic E-state index is 14.6. The van der Waals surface area contributed by atoms with Gasteiger partial charge in [-0.15, -0.1) is 0 Å². The lowest BCUT2D eigenvalue weighted by Gasteiger charge is -2.28. The van der Waals surface area contributed by atoms with Gasteiger partial charge in [-0.1, -0.05) is 19.9 Å². The molecule has 2 N–H and O–H groups in total. The van der Waals surface area contributed by atoms with Crippen molar-refractivity contribution >= 4 is 16.9 Å². The summed E-state index contributed by atoms with van der Waals surface area (Å²) in [5.41, 5.74) is 1.62. The number of benzene rings is 3. The van der Waals surface area contributed by atoms with Gasteiger partial charge in [-0.25, -0.2) is 13.6 Å². The third-order valence-corrected chi connectivity index (χ3v) is 6.09. The van der Waals surface area contributed by atoms with Crippen LogP contribution in [0.4, 0.5) is 13.2 Å². The number of carboxylic acids is 1. The Morgan fingerprint density at radius 3 is 2.26 bits per heavy atom. The maximum absolute atomic E-state index is 14.6. The van der Waals surface area contributed by atoms with Crippen molar-refractivity contribution in [1.29, 1.82) is 0 Å². The summed E-state index contributed by atoms with van der Waals surface area (Å²) < 4.78 is 50.4. The second-order valence-electron chi connectivity index (χ2n) is 9.11. The SMILES string of the molecule is COCC(C)(C)c1c(-c2ccc(F)c(C)c2)c2cc(F)c(F)c(O)c2n1-c1ccc(C(=O)O)cc1. The number of phenols is 1. The van der Waals surface area contributed by atoms with Crippen LogP contribution in [-0.4, -0.2) is 34.5 Å². The number of carboxylic acid groups (broad SMARTS) is 1. The Morgan fingerprint density at radius 1 is 1.03 bits per heavy atom. The number of methoxy groups -OCH3 is 1. The van der Waals surface area contributed by atoms with Crippen LogP contribution in [-0.2, 0) is 10.2 Å². The third kappa shape index (κ3) is 4.04. The molecule has 0 spiro atoms. The molecule has 1 aromatic heterocycles. The highest BCUT2D eigenvalue weighted by Crippen LogP contribution is 2.46. The van der Waals surface area contributed by atoms with Gasteiger partial charge in [0.05, 0.1) is 17.7 Å². The quantitative estimate of drug-likeness (QED) is 0.335. The van der Waals surface area contributed by atoms with Crippen molar-refractivity contribution in [3.63, 3.8) is 0 Å². The number of aryl methyl sites for hydroxylation is 1. The van der Waals surface area contributed by atoms with Crippen LogP contribution in [0, 0.1) is 24.4 Å². The van der Waals surface area contributed by atoms with E-state index in [0.717, 1.165) is 6.07 Å². The number of aromatic nitrogens is 1. The van der Waals surface area contributed by atoms with Crippen molar-refractivity contribution in [3.8, 4) is 22.6 Å². The molecule has 182 valence electrons. The summed E-state index contributed by atoms with van der Waals surface area (Å²) in [5, 5.41) is 20.3. The van der Waals surface area contributed by atoms with Crippen LogP contribution in [0.3, 0.4) is 0 Å². The molecule has 0 saturated heterocycles. The second-order valence-corrected chi connectivity index (χ2v) is 9.11. The topological polar surface area (TPSA) is 71.7 Å². The zero-order chi connectivity index (χ0) is 25.7. The summed E-state index contributed by atoms with van der Waals surface area (Å²) in [6.07, 6.45) is 0. The van der Waals surface area contributed by atoms with E-state index in [9.17, 15) is 28.2 Å². The van der Waals surface area contributed by atoms with Crippen molar-refractivity contribution in [2.45, 2.75) is 26.2 Å². The highest BCUT2D eigenvalue weighted by atomic mass is 19.2. The molecule has 0 atom stereocenters. The summed E-state index contributed by atoms with van der Waals surface area (Å²) in [6.45, 7) is 5.54. The molecule has 0 bridgehead atoms. The number of hydrogen-bond donors (Lipinski definition) is 2.